The van der Waals surface area contributed by atoms with Crippen molar-refractivity contribution >= 4 is 15.9 Å². The second kappa shape index (κ2) is 2.35. The Morgan fingerprint density at radius 1 is 1.23 bits per heavy atom. The van der Waals surface area contributed by atoms with Gasteiger partial charge in [0.15, 0.2) is 0 Å². The summed E-state index contributed by atoms with van der Waals surface area (Å²) in [4.78, 5) is 0. The fourth-order valence-corrected chi connectivity index (χ4v) is 6.23. The summed E-state index contributed by atoms with van der Waals surface area (Å²) in [5.74, 6) is 3.06. The molecule has 4 saturated carbocycles. The van der Waals surface area contributed by atoms with E-state index in [0.717, 1.165) is 17.8 Å². The number of hydrogen-bond donors (Lipinski definition) is 0. The average molecular weight is 243 g/mol. The molecule has 5 atom stereocenters. The van der Waals surface area contributed by atoms with Gasteiger partial charge in [0.1, 0.15) is 0 Å². The Kier molecular flexibility index (Phi) is 1.58. The molecule has 0 saturated heterocycles. The number of rotatable bonds is 0. The molecule has 0 N–H and O–H groups in total. The molecule has 0 nitrogen and oxygen atoms in total. The normalized spacial score (nSPS) is 64.4. The summed E-state index contributed by atoms with van der Waals surface area (Å²) in [6.07, 6.45) is 7.41. The van der Waals surface area contributed by atoms with E-state index < -0.39 is 0 Å². The summed E-state index contributed by atoms with van der Waals surface area (Å²) in [6.45, 7) is 5.03. The SMILES string of the molecule is CC1C2CC3CC(Br)(C2)CC1(C)C3. The van der Waals surface area contributed by atoms with Crippen LogP contribution in [0.4, 0.5) is 0 Å². The van der Waals surface area contributed by atoms with Crippen molar-refractivity contribution in [3.8, 4) is 0 Å². The van der Waals surface area contributed by atoms with Crippen molar-refractivity contribution in [1.29, 1.82) is 0 Å². The van der Waals surface area contributed by atoms with Crippen LogP contribution >= 0.6 is 15.9 Å². The molecule has 0 aromatic rings. The highest BCUT2D eigenvalue weighted by Crippen LogP contribution is 2.66. The highest BCUT2D eigenvalue weighted by molar-refractivity contribution is 9.10. The molecular weight excluding hydrogens is 224 g/mol. The maximum Gasteiger partial charge on any atom is 0.0268 e. The second-order valence-corrected chi connectivity index (χ2v) is 7.93. The minimum Gasteiger partial charge on any atom is -0.0853 e. The Bertz CT molecular complexity index is 250. The van der Waals surface area contributed by atoms with E-state index in [9.17, 15) is 0 Å². The minimum atomic E-state index is 0.556. The van der Waals surface area contributed by atoms with Crippen LogP contribution in [0.1, 0.15) is 46.0 Å². The van der Waals surface area contributed by atoms with Crippen LogP contribution in [-0.2, 0) is 0 Å². The first-order valence-electron chi connectivity index (χ1n) is 5.70. The fraction of sp³-hybridized carbons (Fsp3) is 1.00. The average Bonchev–Trinajstić information content (AvgIpc) is 1.96. The first kappa shape index (κ1) is 8.76. The highest BCUT2D eigenvalue weighted by Gasteiger charge is 2.58. The van der Waals surface area contributed by atoms with E-state index in [1.165, 1.54) is 32.1 Å². The molecule has 0 heterocycles. The van der Waals surface area contributed by atoms with Crippen molar-refractivity contribution in [2.24, 2.45) is 23.2 Å². The molecule has 1 heteroatoms. The lowest BCUT2D eigenvalue weighted by Gasteiger charge is -2.62. The highest BCUT2D eigenvalue weighted by atomic mass is 79.9. The molecular formula is C12H19Br. The van der Waals surface area contributed by atoms with Gasteiger partial charge in [0.2, 0.25) is 0 Å². The van der Waals surface area contributed by atoms with Crippen molar-refractivity contribution in [2.45, 2.75) is 50.3 Å². The van der Waals surface area contributed by atoms with E-state index in [0.29, 0.717) is 9.74 Å². The second-order valence-electron chi connectivity index (χ2n) is 6.24. The lowest BCUT2D eigenvalue weighted by Crippen LogP contribution is -2.56. The third-order valence-electron chi connectivity index (χ3n) is 5.20. The van der Waals surface area contributed by atoms with Crippen molar-refractivity contribution in [3.63, 3.8) is 0 Å². The van der Waals surface area contributed by atoms with E-state index in [2.05, 4.69) is 29.8 Å². The van der Waals surface area contributed by atoms with Gasteiger partial charge in [-0.25, -0.2) is 0 Å². The van der Waals surface area contributed by atoms with Crippen LogP contribution in [0, 0.1) is 23.2 Å². The van der Waals surface area contributed by atoms with E-state index in [1.54, 1.807) is 0 Å². The zero-order valence-electron chi connectivity index (χ0n) is 8.65. The quantitative estimate of drug-likeness (QED) is 0.564. The Balaban J connectivity index is 2.01. The first-order valence-corrected chi connectivity index (χ1v) is 6.49. The van der Waals surface area contributed by atoms with Gasteiger partial charge in [-0.1, -0.05) is 29.8 Å². The largest absolute Gasteiger partial charge is 0.0853 e. The zero-order chi connectivity index (χ0) is 9.27. The van der Waals surface area contributed by atoms with Gasteiger partial charge in [0.05, 0.1) is 0 Å². The van der Waals surface area contributed by atoms with Gasteiger partial charge in [0, 0.05) is 4.32 Å². The lowest BCUT2D eigenvalue weighted by atomic mass is 9.46. The minimum absolute atomic E-state index is 0.556. The van der Waals surface area contributed by atoms with Gasteiger partial charge < -0.3 is 0 Å². The molecule has 74 valence electrons. The van der Waals surface area contributed by atoms with Crippen LogP contribution < -0.4 is 0 Å². The maximum absolute atomic E-state index is 4.02. The van der Waals surface area contributed by atoms with Gasteiger partial charge in [-0.05, 0) is 55.3 Å². The lowest BCUT2D eigenvalue weighted by molar-refractivity contribution is -0.0750. The number of alkyl halides is 1. The molecule has 4 aliphatic rings. The molecule has 4 aliphatic carbocycles. The summed E-state index contributed by atoms with van der Waals surface area (Å²) in [5, 5.41) is 0. The molecule has 4 bridgehead atoms. The Morgan fingerprint density at radius 3 is 2.62 bits per heavy atom. The Hall–Kier alpha value is 0.480. The Labute approximate surface area is 89.6 Å². The fourth-order valence-electron chi connectivity index (χ4n) is 4.72. The van der Waals surface area contributed by atoms with E-state index >= 15 is 0 Å². The molecule has 0 spiro atoms. The molecule has 5 unspecified atom stereocenters. The summed E-state index contributed by atoms with van der Waals surface area (Å²) in [6, 6.07) is 0. The topological polar surface area (TPSA) is 0 Å². The molecule has 0 radical (unpaired) electrons. The van der Waals surface area contributed by atoms with Crippen LogP contribution in [0.15, 0.2) is 0 Å². The van der Waals surface area contributed by atoms with Gasteiger partial charge in [0.25, 0.3) is 0 Å². The van der Waals surface area contributed by atoms with E-state index in [-0.39, 0.29) is 0 Å². The van der Waals surface area contributed by atoms with Crippen LogP contribution in [0.3, 0.4) is 0 Å². The Morgan fingerprint density at radius 2 is 2.00 bits per heavy atom. The molecule has 4 rings (SSSR count). The van der Waals surface area contributed by atoms with Crippen molar-refractivity contribution < 1.29 is 0 Å². The van der Waals surface area contributed by atoms with Gasteiger partial charge in [-0.2, -0.15) is 0 Å². The van der Waals surface area contributed by atoms with Crippen LogP contribution in [-0.4, -0.2) is 4.32 Å². The van der Waals surface area contributed by atoms with Gasteiger partial charge in [-0.15, -0.1) is 0 Å². The van der Waals surface area contributed by atoms with E-state index in [1.807, 2.05) is 0 Å². The van der Waals surface area contributed by atoms with Crippen molar-refractivity contribution in [1.82, 2.24) is 0 Å². The standard InChI is InChI=1S/C12H19Br/c1-8-10-3-9-4-11(8,2)7-12(13,5-9)6-10/h8-10H,3-7H2,1-2H3. The summed E-state index contributed by atoms with van der Waals surface area (Å²) in [7, 11) is 0. The van der Waals surface area contributed by atoms with Crippen LogP contribution in [0.2, 0.25) is 0 Å². The van der Waals surface area contributed by atoms with Gasteiger partial charge in [-0.3, -0.25) is 0 Å². The number of hydrogen-bond acceptors (Lipinski definition) is 0. The molecule has 0 amide bonds. The predicted molar refractivity (Wildman–Crippen MR) is 59.0 cm³/mol. The van der Waals surface area contributed by atoms with Crippen LogP contribution in [0.5, 0.6) is 0 Å². The van der Waals surface area contributed by atoms with Gasteiger partial charge >= 0.3 is 0 Å². The van der Waals surface area contributed by atoms with E-state index in [4.69, 9.17) is 0 Å². The third-order valence-corrected chi connectivity index (χ3v) is 6.13. The zero-order valence-corrected chi connectivity index (χ0v) is 10.2. The predicted octanol–water partition coefficient (Wildman–Crippen LogP) is 3.99. The maximum atomic E-state index is 4.02. The van der Waals surface area contributed by atoms with Crippen molar-refractivity contribution in [2.75, 3.05) is 0 Å². The summed E-state index contributed by atoms with van der Waals surface area (Å²) < 4.78 is 0.556. The third kappa shape index (κ3) is 1.09. The monoisotopic (exact) mass is 242 g/mol. The number of halogens is 1. The molecule has 0 aliphatic heterocycles. The first-order chi connectivity index (χ1) is 6.01. The molecule has 0 aromatic heterocycles. The summed E-state index contributed by atoms with van der Waals surface area (Å²) in [5.41, 5.74) is 0.674. The molecule has 0 aromatic carbocycles. The molecule has 13 heavy (non-hydrogen) atoms. The van der Waals surface area contributed by atoms with Crippen molar-refractivity contribution in [3.05, 3.63) is 0 Å². The smallest absolute Gasteiger partial charge is 0.0268 e. The molecule has 4 fully saturated rings. The summed E-state index contributed by atoms with van der Waals surface area (Å²) >= 11 is 4.02. The van der Waals surface area contributed by atoms with Crippen LogP contribution in [0.25, 0.3) is 0 Å².